The van der Waals surface area contributed by atoms with E-state index in [4.69, 9.17) is 5.11 Å². The van der Waals surface area contributed by atoms with E-state index in [0.29, 0.717) is 6.42 Å². The molecule has 0 fully saturated rings. The fraction of sp³-hybridized carbons (Fsp3) is 0.333. The maximum Gasteiger partial charge on any atom is 0.303 e. The molecule has 0 atom stereocenters. The quantitative estimate of drug-likeness (QED) is 0.922. The first-order valence-corrected chi connectivity index (χ1v) is 7.00. The smallest absolute Gasteiger partial charge is 0.303 e. The molecule has 0 aliphatic rings. The molecule has 3 nitrogen and oxygen atoms in total. The third-order valence-electron chi connectivity index (χ3n) is 2.51. The molecule has 0 saturated carbocycles. The molecule has 0 unspecified atom stereocenters. The van der Waals surface area contributed by atoms with Crippen LogP contribution in [0.3, 0.4) is 0 Å². The van der Waals surface area contributed by atoms with Gasteiger partial charge >= 0.3 is 5.97 Å². The van der Waals surface area contributed by atoms with Crippen molar-refractivity contribution in [3.05, 3.63) is 27.6 Å². The van der Waals surface area contributed by atoms with Gasteiger partial charge in [0.1, 0.15) is 5.01 Å². The highest BCUT2D eigenvalue weighted by Gasteiger charge is 2.13. The highest BCUT2D eigenvalue weighted by atomic mass is 32.1. The minimum Gasteiger partial charge on any atom is -0.481 e. The molecule has 2 aromatic rings. The van der Waals surface area contributed by atoms with Gasteiger partial charge in [-0.25, -0.2) is 4.98 Å². The summed E-state index contributed by atoms with van der Waals surface area (Å²) in [6.45, 7) is 4.01. The van der Waals surface area contributed by atoms with Crippen LogP contribution in [0.5, 0.6) is 0 Å². The second-order valence-electron chi connectivity index (χ2n) is 3.85. The molecule has 0 radical (unpaired) electrons. The first-order chi connectivity index (χ1) is 8.08. The van der Waals surface area contributed by atoms with Crippen molar-refractivity contribution in [2.24, 2.45) is 0 Å². The lowest BCUT2D eigenvalue weighted by Crippen LogP contribution is -1.96. The molecule has 5 heteroatoms. The van der Waals surface area contributed by atoms with E-state index in [0.717, 1.165) is 15.6 Å². The van der Waals surface area contributed by atoms with Gasteiger partial charge in [0.2, 0.25) is 0 Å². The monoisotopic (exact) mass is 267 g/mol. The third kappa shape index (κ3) is 2.73. The molecule has 17 heavy (non-hydrogen) atoms. The third-order valence-corrected chi connectivity index (χ3v) is 4.90. The SMILES string of the molecule is Cc1ccsc1-c1nc(C)c(CCC(=O)O)s1. The van der Waals surface area contributed by atoms with Crippen molar-refractivity contribution in [2.45, 2.75) is 26.7 Å². The van der Waals surface area contributed by atoms with Crippen LogP contribution >= 0.6 is 22.7 Å². The van der Waals surface area contributed by atoms with E-state index in [1.54, 1.807) is 22.7 Å². The molecule has 2 heterocycles. The average molecular weight is 267 g/mol. The fourth-order valence-corrected chi connectivity index (χ4v) is 3.71. The summed E-state index contributed by atoms with van der Waals surface area (Å²) in [6, 6.07) is 2.08. The van der Waals surface area contributed by atoms with Gasteiger partial charge in [-0.2, -0.15) is 0 Å². The van der Waals surface area contributed by atoms with E-state index < -0.39 is 5.97 Å². The summed E-state index contributed by atoms with van der Waals surface area (Å²) in [5.41, 5.74) is 2.19. The highest BCUT2D eigenvalue weighted by molar-refractivity contribution is 7.21. The number of aryl methyl sites for hydroxylation is 3. The van der Waals surface area contributed by atoms with Gasteiger partial charge in [0.15, 0.2) is 0 Å². The van der Waals surface area contributed by atoms with Crippen LogP contribution in [-0.4, -0.2) is 16.1 Å². The number of thiophene rings is 1. The lowest BCUT2D eigenvalue weighted by Gasteiger charge is -1.93. The molecular weight excluding hydrogens is 254 g/mol. The summed E-state index contributed by atoms with van der Waals surface area (Å²) >= 11 is 3.29. The normalized spacial score (nSPS) is 10.7. The maximum atomic E-state index is 10.6. The second kappa shape index (κ2) is 4.98. The van der Waals surface area contributed by atoms with Gasteiger partial charge in [-0.05, 0) is 37.3 Å². The van der Waals surface area contributed by atoms with Gasteiger partial charge in [-0.15, -0.1) is 22.7 Å². The van der Waals surface area contributed by atoms with Crippen molar-refractivity contribution in [3.63, 3.8) is 0 Å². The second-order valence-corrected chi connectivity index (χ2v) is 5.85. The number of hydrogen-bond donors (Lipinski definition) is 1. The van der Waals surface area contributed by atoms with Crippen molar-refractivity contribution in [1.82, 2.24) is 4.98 Å². The topological polar surface area (TPSA) is 50.2 Å². The summed E-state index contributed by atoms with van der Waals surface area (Å²) in [6.07, 6.45) is 0.745. The Labute approximate surface area is 108 Å². The number of thiazole rings is 1. The number of hydrogen-bond acceptors (Lipinski definition) is 4. The molecule has 0 saturated heterocycles. The highest BCUT2D eigenvalue weighted by Crippen LogP contribution is 2.34. The molecule has 2 aromatic heterocycles. The first-order valence-electron chi connectivity index (χ1n) is 5.30. The standard InChI is InChI=1S/C12H13NO2S2/c1-7-5-6-16-11(7)12-13-8(2)9(17-12)3-4-10(14)15/h5-6H,3-4H2,1-2H3,(H,14,15). The van der Waals surface area contributed by atoms with Crippen LogP contribution in [0.1, 0.15) is 22.6 Å². The number of aromatic nitrogens is 1. The number of nitrogens with zero attached hydrogens (tertiary/aromatic N) is 1. The summed E-state index contributed by atoms with van der Waals surface area (Å²) in [4.78, 5) is 17.4. The molecule has 1 N–H and O–H groups in total. The van der Waals surface area contributed by atoms with E-state index in [9.17, 15) is 4.79 Å². The van der Waals surface area contributed by atoms with Crippen LogP contribution in [0.2, 0.25) is 0 Å². The molecular formula is C12H13NO2S2. The number of carboxylic acids is 1. The van der Waals surface area contributed by atoms with Crippen molar-refractivity contribution in [3.8, 4) is 9.88 Å². The minimum atomic E-state index is -0.758. The van der Waals surface area contributed by atoms with Gasteiger partial charge in [0, 0.05) is 4.88 Å². The van der Waals surface area contributed by atoms with E-state index in [2.05, 4.69) is 23.4 Å². The predicted molar refractivity (Wildman–Crippen MR) is 70.9 cm³/mol. The first kappa shape index (κ1) is 12.3. The lowest BCUT2D eigenvalue weighted by molar-refractivity contribution is -0.136. The average Bonchev–Trinajstić information content (AvgIpc) is 2.82. The number of aliphatic carboxylic acids is 1. The van der Waals surface area contributed by atoms with Gasteiger partial charge in [0.05, 0.1) is 17.0 Å². The Hall–Kier alpha value is -1.20. The Bertz CT molecular complexity index is 542. The molecule has 0 aromatic carbocycles. The zero-order valence-electron chi connectivity index (χ0n) is 9.69. The van der Waals surface area contributed by atoms with Crippen LogP contribution in [0.15, 0.2) is 11.4 Å². The van der Waals surface area contributed by atoms with E-state index in [-0.39, 0.29) is 6.42 Å². The van der Waals surface area contributed by atoms with Crippen LogP contribution < -0.4 is 0 Å². The van der Waals surface area contributed by atoms with E-state index in [1.807, 2.05) is 6.92 Å². The molecule has 2 rings (SSSR count). The van der Waals surface area contributed by atoms with Gasteiger partial charge in [0.25, 0.3) is 0 Å². The summed E-state index contributed by atoms with van der Waals surface area (Å²) in [7, 11) is 0. The minimum absolute atomic E-state index is 0.173. The molecule has 0 aliphatic carbocycles. The number of carbonyl (C=O) groups is 1. The zero-order chi connectivity index (χ0) is 12.4. The Morgan fingerprint density at radius 3 is 2.82 bits per heavy atom. The van der Waals surface area contributed by atoms with Crippen molar-refractivity contribution in [1.29, 1.82) is 0 Å². The van der Waals surface area contributed by atoms with Gasteiger partial charge in [-0.3, -0.25) is 4.79 Å². The van der Waals surface area contributed by atoms with Gasteiger partial charge < -0.3 is 5.11 Å². The van der Waals surface area contributed by atoms with E-state index in [1.165, 1.54) is 10.4 Å². The van der Waals surface area contributed by atoms with Crippen molar-refractivity contribution >= 4 is 28.6 Å². The van der Waals surface area contributed by atoms with Gasteiger partial charge in [-0.1, -0.05) is 0 Å². The Kier molecular flexibility index (Phi) is 3.59. The zero-order valence-corrected chi connectivity index (χ0v) is 11.3. The van der Waals surface area contributed by atoms with Crippen LogP contribution in [0.25, 0.3) is 9.88 Å². The summed E-state index contributed by atoms with van der Waals surface area (Å²) < 4.78 is 0. The van der Waals surface area contributed by atoms with Crippen molar-refractivity contribution < 1.29 is 9.90 Å². The summed E-state index contributed by atoms with van der Waals surface area (Å²) in [5, 5.41) is 11.8. The molecule has 0 amide bonds. The fourth-order valence-electron chi connectivity index (χ4n) is 1.57. The Morgan fingerprint density at radius 2 is 2.24 bits per heavy atom. The molecule has 0 aliphatic heterocycles. The van der Waals surface area contributed by atoms with Crippen LogP contribution in [0.4, 0.5) is 0 Å². The number of rotatable bonds is 4. The van der Waals surface area contributed by atoms with Crippen molar-refractivity contribution in [2.75, 3.05) is 0 Å². The Morgan fingerprint density at radius 1 is 1.47 bits per heavy atom. The Balaban J connectivity index is 2.24. The predicted octanol–water partition coefficient (Wildman–Crippen LogP) is 3.51. The van der Waals surface area contributed by atoms with Crippen LogP contribution in [0, 0.1) is 13.8 Å². The summed E-state index contributed by atoms with van der Waals surface area (Å²) in [5.74, 6) is -0.758. The molecule has 0 spiro atoms. The number of carboxylic acid groups (broad SMARTS) is 1. The molecule has 90 valence electrons. The largest absolute Gasteiger partial charge is 0.481 e. The maximum absolute atomic E-state index is 10.6. The van der Waals surface area contributed by atoms with E-state index >= 15 is 0 Å². The molecule has 0 bridgehead atoms. The van der Waals surface area contributed by atoms with Crippen LogP contribution in [-0.2, 0) is 11.2 Å². The lowest BCUT2D eigenvalue weighted by atomic mass is 10.2.